The smallest absolute Gasteiger partial charge is 0.341 e. The number of carboxylic acid groups (broad SMARTS) is 1. The van der Waals surface area contributed by atoms with Gasteiger partial charge in [0.1, 0.15) is 6.04 Å². The van der Waals surface area contributed by atoms with Gasteiger partial charge < -0.3 is 15.2 Å². The molecule has 0 spiro atoms. The first-order chi connectivity index (χ1) is 6.63. The molecule has 0 unspecified atom stereocenters. The van der Waals surface area contributed by atoms with E-state index in [1.54, 1.807) is 7.05 Å². The van der Waals surface area contributed by atoms with Gasteiger partial charge in [0.2, 0.25) is 0 Å². The van der Waals surface area contributed by atoms with Gasteiger partial charge in [-0.1, -0.05) is 12.8 Å². The van der Waals surface area contributed by atoms with Crippen LogP contribution < -0.4 is 5.32 Å². The minimum atomic E-state index is -1.13. The molecular formula is C9H15NO4. The summed E-state index contributed by atoms with van der Waals surface area (Å²) in [6.07, 6.45) is 3.06. The van der Waals surface area contributed by atoms with E-state index in [0.29, 0.717) is 5.92 Å². The summed E-state index contributed by atoms with van der Waals surface area (Å²) < 4.78 is 4.58. The number of nitrogens with one attached hydrogen (secondary N) is 1. The predicted molar refractivity (Wildman–Crippen MR) is 48.8 cm³/mol. The summed E-state index contributed by atoms with van der Waals surface area (Å²) in [6.45, 7) is -0.554. The molecule has 0 bridgehead atoms. The van der Waals surface area contributed by atoms with Crippen LogP contribution in [0.25, 0.3) is 0 Å². The SMILES string of the molecule is CN[C@@H](CC1CC1)C(=O)OCC(=O)O. The van der Waals surface area contributed by atoms with Crippen molar-refractivity contribution in [2.24, 2.45) is 5.92 Å². The highest BCUT2D eigenvalue weighted by Gasteiger charge is 2.29. The molecule has 0 radical (unpaired) electrons. The van der Waals surface area contributed by atoms with Crippen LogP contribution in [0.5, 0.6) is 0 Å². The van der Waals surface area contributed by atoms with Crippen molar-refractivity contribution >= 4 is 11.9 Å². The van der Waals surface area contributed by atoms with Crippen LogP contribution in [0.4, 0.5) is 0 Å². The molecule has 1 saturated carbocycles. The van der Waals surface area contributed by atoms with Gasteiger partial charge in [-0.25, -0.2) is 4.79 Å². The largest absolute Gasteiger partial charge is 0.479 e. The Morgan fingerprint density at radius 2 is 2.21 bits per heavy atom. The number of carbonyl (C=O) groups excluding carboxylic acids is 1. The van der Waals surface area contributed by atoms with Gasteiger partial charge in [-0.3, -0.25) is 4.79 Å². The highest BCUT2D eigenvalue weighted by atomic mass is 16.6. The lowest BCUT2D eigenvalue weighted by molar-refractivity contribution is -0.156. The zero-order chi connectivity index (χ0) is 10.6. The maximum Gasteiger partial charge on any atom is 0.341 e. The standard InChI is InChI=1S/C9H15NO4/c1-10-7(4-6-2-3-6)9(13)14-5-8(11)12/h6-7,10H,2-5H2,1H3,(H,11,12)/t7-/m0/s1. The molecular weight excluding hydrogens is 186 g/mol. The highest BCUT2D eigenvalue weighted by molar-refractivity contribution is 5.79. The number of aliphatic carboxylic acids is 1. The van der Waals surface area contributed by atoms with Gasteiger partial charge in [-0.05, 0) is 19.4 Å². The van der Waals surface area contributed by atoms with Crippen LogP contribution in [0.2, 0.25) is 0 Å². The number of carbonyl (C=O) groups is 2. The molecule has 0 aromatic heterocycles. The monoisotopic (exact) mass is 201 g/mol. The molecule has 0 aromatic carbocycles. The number of ether oxygens (including phenoxy) is 1. The Bertz CT molecular complexity index is 225. The Morgan fingerprint density at radius 1 is 1.57 bits per heavy atom. The van der Waals surface area contributed by atoms with Crippen LogP contribution in [-0.4, -0.2) is 36.7 Å². The molecule has 80 valence electrons. The van der Waals surface area contributed by atoms with Crippen molar-refractivity contribution in [2.45, 2.75) is 25.3 Å². The van der Waals surface area contributed by atoms with Crippen LogP contribution in [0, 0.1) is 5.92 Å². The lowest BCUT2D eigenvalue weighted by atomic mass is 10.1. The fourth-order valence-electron chi connectivity index (χ4n) is 1.25. The van der Waals surface area contributed by atoms with E-state index < -0.39 is 18.5 Å². The van der Waals surface area contributed by atoms with Crippen LogP contribution in [0.1, 0.15) is 19.3 Å². The van der Waals surface area contributed by atoms with E-state index in [0.717, 1.165) is 19.3 Å². The number of likely N-dealkylation sites (N-methyl/N-ethyl adjacent to an activating group) is 1. The molecule has 0 heterocycles. The quantitative estimate of drug-likeness (QED) is 0.592. The molecule has 1 atom stereocenters. The Labute approximate surface area is 82.4 Å². The first-order valence-corrected chi connectivity index (χ1v) is 4.69. The second-order valence-electron chi connectivity index (χ2n) is 3.52. The molecule has 1 aliphatic rings. The Balaban J connectivity index is 2.26. The van der Waals surface area contributed by atoms with Gasteiger partial charge in [0, 0.05) is 0 Å². The van der Waals surface area contributed by atoms with Crippen molar-refractivity contribution in [1.82, 2.24) is 5.32 Å². The van der Waals surface area contributed by atoms with E-state index in [2.05, 4.69) is 10.1 Å². The molecule has 2 N–H and O–H groups in total. The summed E-state index contributed by atoms with van der Waals surface area (Å²) in [7, 11) is 1.68. The molecule has 1 aliphatic carbocycles. The minimum absolute atomic E-state index is 0.359. The van der Waals surface area contributed by atoms with E-state index in [9.17, 15) is 9.59 Å². The van der Waals surface area contributed by atoms with Gasteiger partial charge in [-0.15, -0.1) is 0 Å². The second kappa shape index (κ2) is 4.95. The zero-order valence-corrected chi connectivity index (χ0v) is 8.16. The molecule has 14 heavy (non-hydrogen) atoms. The number of rotatable bonds is 6. The number of hydrogen-bond donors (Lipinski definition) is 2. The molecule has 0 saturated heterocycles. The Morgan fingerprint density at radius 3 is 2.64 bits per heavy atom. The van der Waals surface area contributed by atoms with Gasteiger partial charge in [-0.2, -0.15) is 0 Å². The summed E-state index contributed by atoms with van der Waals surface area (Å²) in [5.41, 5.74) is 0. The van der Waals surface area contributed by atoms with Crippen LogP contribution >= 0.6 is 0 Å². The van der Waals surface area contributed by atoms with Crippen molar-refractivity contribution in [2.75, 3.05) is 13.7 Å². The number of hydrogen-bond acceptors (Lipinski definition) is 4. The summed E-state index contributed by atoms with van der Waals surface area (Å²) in [6, 6.07) is -0.359. The summed E-state index contributed by atoms with van der Waals surface area (Å²) >= 11 is 0. The zero-order valence-electron chi connectivity index (χ0n) is 8.16. The summed E-state index contributed by atoms with van der Waals surface area (Å²) in [5, 5.41) is 11.1. The lowest BCUT2D eigenvalue weighted by Crippen LogP contribution is -2.36. The predicted octanol–water partition coefficient (Wildman–Crippen LogP) is 0.00230. The van der Waals surface area contributed by atoms with Gasteiger partial charge in [0.15, 0.2) is 6.61 Å². The molecule has 5 nitrogen and oxygen atoms in total. The lowest BCUT2D eigenvalue weighted by Gasteiger charge is -2.13. The van der Waals surface area contributed by atoms with E-state index >= 15 is 0 Å². The van der Waals surface area contributed by atoms with Gasteiger partial charge in [0.05, 0.1) is 0 Å². The fraction of sp³-hybridized carbons (Fsp3) is 0.778. The molecule has 0 amide bonds. The van der Waals surface area contributed by atoms with E-state index in [4.69, 9.17) is 5.11 Å². The third-order valence-electron chi connectivity index (χ3n) is 2.24. The van der Waals surface area contributed by atoms with Crippen molar-refractivity contribution in [3.63, 3.8) is 0 Å². The van der Waals surface area contributed by atoms with Gasteiger partial charge >= 0.3 is 11.9 Å². The van der Waals surface area contributed by atoms with Crippen molar-refractivity contribution < 1.29 is 19.4 Å². The molecule has 0 aromatic rings. The molecule has 1 fully saturated rings. The van der Waals surface area contributed by atoms with Crippen molar-refractivity contribution in [3.8, 4) is 0 Å². The van der Waals surface area contributed by atoms with Gasteiger partial charge in [0.25, 0.3) is 0 Å². The Kier molecular flexibility index (Phi) is 3.88. The normalized spacial score (nSPS) is 17.5. The molecule has 5 heteroatoms. The summed E-state index contributed by atoms with van der Waals surface area (Å²) in [5.74, 6) is -0.994. The van der Waals surface area contributed by atoms with Crippen molar-refractivity contribution in [1.29, 1.82) is 0 Å². The fourth-order valence-corrected chi connectivity index (χ4v) is 1.25. The average molecular weight is 201 g/mol. The highest BCUT2D eigenvalue weighted by Crippen LogP contribution is 2.33. The first kappa shape index (κ1) is 11.0. The Hall–Kier alpha value is -1.10. The average Bonchev–Trinajstić information content (AvgIpc) is 2.93. The van der Waals surface area contributed by atoms with E-state index in [-0.39, 0.29) is 6.04 Å². The molecule has 0 aliphatic heterocycles. The minimum Gasteiger partial charge on any atom is -0.479 e. The number of carboxylic acids is 1. The van der Waals surface area contributed by atoms with E-state index in [1.165, 1.54) is 0 Å². The topological polar surface area (TPSA) is 75.6 Å². The van der Waals surface area contributed by atoms with Crippen LogP contribution in [0.15, 0.2) is 0 Å². The number of esters is 1. The maximum atomic E-state index is 11.3. The van der Waals surface area contributed by atoms with E-state index in [1.807, 2.05) is 0 Å². The second-order valence-corrected chi connectivity index (χ2v) is 3.52. The van der Waals surface area contributed by atoms with Crippen LogP contribution in [0.3, 0.4) is 0 Å². The molecule has 1 rings (SSSR count). The van der Waals surface area contributed by atoms with Crippen LogP contribution in [-0.2, 0) is 14.3 Å². The third-order valence-corrected chi connectivity index (χ3v) is 2.24. The first-order valence-electron chi connectivity index (χ1n) is 4.69. The summed E-state index contributed by atoms with van der Waals surface area (Å²) in [4.78, 5) is 21.4. The third kappa shape index (κ3) is 3.74. The maximum absolute atomic E-state index is 11.3. The van der Waals surface area contributed by atoms with Crippen molar-refractivity contribution in [3.05, 3.63) is 0 Å².